The van der Waals surface area contributed by atoms with Crippen LogP contribution < -0.4 is 0 Å². The van der Waals surface area contributed by atoms with Crippen molar-refractivity contribution < 1.29 is 19.1 Å². The summed E-state index contributed by atoms with van der Waals surface area (Å²) in [5, 5.41) is 0.610. The van der Waals surface area contributed by atoms with Gasteiger partial charge in [-0.05, 0) is 51.8 Å². The van der Waals surface area contributed by atoms with Crippen LogP contribution in [0.25, 0.3) is 0 Å². The van der Waals surface area contributed by atoms with Crippen molar-refractivity contribution in [1.29, 1.82) is 0 Å². The summed E-state index contributed by atoms with van der Waals surface area (Å²) in [4.78, 5) is 56.9. The van der Waals surface area contributed by atoms with Gasteiger partial charge in [0.25, 0.3) is 5.91 Å². The first-order valence-electron chi connectivity index (χ1n) is 12.7. The number of hydrogen-bond donors (Lipinski definition) is 0. The predicted octanol–water partition coefficient (Wildman–Crippen LogP) is 2.90. The van der Waals surface area contributed by atoms with E-state index in [9.17, 15) is 14.4 Å². The lowest BCUT2D eigenvalue weighted by atomic mass is 9.89. The Labute approximate surface area is 221 Å². The first-order chi connectivity index (χ1) is 17.9. The van der Waals surface area contributed by atoms with Crippen LogP contribution in [0.5, 0.6) is 0 Å². The molecule has 2 saturated heterocycles. The minimum Gasteiger partial charge on any atom is -0.450 e. The van der Waals surface area contributed by atoms with E-state index < -0.39 is 0 Å². The van der Waals surface area contributed by atoms with Crippen LogP contribution in [-0.2, 0) is 9.53 Å². The second kappa shape index (κ2) is 12.4. The number of pyridine rings is 1. The van der Waals surface area contributed by atoms with Crippen molar-refractivity contribution in [2.75, 3.05) is 51.6 Å². The molecule has 0 radical (unpaired) electrons. The Kier molecular flexibility index (Phi) is 8.96. The van der Waals surface area contributed by atoms with Crippen molar-refractivity contribution in [3.05, 3.63) is 47.0 Å². The van der Waals surface area contributed by atoms with E-state index in [1.807, 2.05) is 36.9 Å². The maximum Gasteiger partial charge on any atom is 0.409 e. The second-order valence-electron chi connectivity index (χ2n) is 9.29. The molecule has 2 aromatic rings. The minimum absolute atomic E-state index is 0.0564. The van der Waals surface area contributed by atoms with E-state index in [0.717, 1.165) is 29.9 Å². The normalized spacial score (nSPS) is 16.6. The van der Waals surface area contributed by atoms with Crippen LogP contribution in [0, 0.1) is 13.8 Å². The van der Waals surface area contributed by atoms with E-state index >= 15 is 0 Å². The fraction of sp³-hybridized carbons (Fsp3) is 0.538. The van der Waals surface area contributed by atoms with Crippen LogP contribution in [0.4, 0.5) is 4.79 Å². The monoisotopic (exact) mass is 526 g/mol. The average molecular weight is 527 g/mol. The molecule has 0 saturated carbocycles. The van der Waals surface area contributed by atoms with Gasteiger partial charge in [0, 0.05) is 62.8 Å². The highest BCUT2D eigenvalue weighted by atomic mass is 32.2. The van der Waals surface area contributed by atoms with E-state index in [1.165, 1.54) is 11.8 Å². The van der Waals surface area contributed by atoms with Crippen molar-refractivity contribution in [3.63, 3.8) is 0 Å². The van der Waals surface area contributed by atoms with Crippen LogP contribution in [0.2, 0.25) is 0 Å². The van der Waals surface area contributed by atoms with Crippen LogP contribution in [0.15, 0.2) is 29.6 Å². The molecule has 0 atom stereocenters. The van der Waals surface area contributed by atoms with Gasteiger partial charge in [0.1, 0.15) is 0 Å². The van der Waals surface area contributed by atoms with Crippen molar-refractivity contribution in [2.45, 2.75) is 44.7 Å². The molecule has 0 spiro atoms. The zero-order chi connectivity index (χ0) is 26.4. The Hall–Kier alpha value is -3.21. The number of aromatic nitrogens is 3. The number of hydrogen-bond acceptors (Lipinski definition) is 8. The van der Waals surface area contributed by atoms with E-state index in [-0.39, 0.29) is 23.8 Å². The molecule has 2 aromatic heterocycles. The van der Waals surface area contributed by atoms with Gasteiger partial charge in [-0.3, -0.25) is 14.6 Å². The van der Waals surface area contributed by atoms with Crippen LogP contribution in [0.1, 0.15) is 53.1 Å². The quantitative estimate of drug-likeness (QED) is 0.418. The Morgan fingerprint density at radius 2 is 1.59 bits per heavy atom. The Morgan fingerprint density at radius 1 is 0.919 bits per heavy atom. The maximum atomic E-state index is 13.5. The number of carbonyl (C=O) groups excluding carboxylic acids is 3. The summed E-state index contributed by atoms with van der Waals surface area (Å²) >= 11 is 1.35. The lowest BCUT2D eigenvalue weighted by molar-refractivity contribution is -0.129. The fourth-order valence-corrected chi connectivity index (χ4v) is 5.44. The summed E-state index contributed by atoms with van der Waals surface area (Å²) in [6, 6.07) is 5.57. The molecule has 0 aromatic carbocycles. The third-order valence-electron chi connectivity index (χ3n) is 6.72. The van der Waals surface area contributed by atoms with Gasteiger partial charge < -0.3 is 19.4 Å². The molecule has 0 aliphatic carbocycles. The summed E-state index contributed by atoms with van der Waals surface area (Å²) in [6.07, 6.45) is 2.88. The molecule has 10 nitrogen and oxygen atoms in total. The maximum absolute atomic E-state index is 13.5. The molecule has 3 amide bonds. The van der Waals surface area contributed by atoms with E-state index in [0.29, 0.717) is 62.3 Å². The standard InChI is InChI=1S/C26H34N6O4S/c1-4-36-26(35)32-15-13-31(14-16-32)24(34)21-6-5-18(2)28-23(21)20-8-11-30(12-9-20)22(33)17-37-25-27-10-7-19(3)29-25/h5-7,10,20H,4,8-9,11-17H2,1-3H3. The van der Waals surface area contributed by atoms with E-state index in [1.54, 1.807) is 22.9 Å². The summed E-state index contributed by atoms with van der Waals surface area (Å²) in [5.41, 5.74) is 3.17. The molecule has 2 aliphatic rings. The summed E-state index contributed by atoms with van der Waals surface area (Å²) in [6.45, 7) is 9.01. The number of rotatable bonds is 6. The molecular formula is C26H34N6O4S. The largest absolute Gasteiger partial charge is 0.450 e. The Morgan fingerprint density at radius 3 is 2.27 bits per heavy atom. The number of thioether (sulfide) groups is 1. The molecule has 2 aliphatic heterocycles. The molecule has 11 heteroatoms. The van der Waals surface area contributed by atoms with Gasteiger partial charge in [0.05, 0.1) is 23.6 Å². The van der Waals surface area contributed by atoms with Crippen LogP contribution >= 0.6 is 11.8 Å². The van der Waals surface area contributed by atoms with Crippen molar-refractivity contribution >= 4 is 29.7 Å². The zero-order valence-corrected chi connectivity index (χ0v) is 22.5. The number of piperazine rings is 1. The highest BCUT2D eigenvalue weighted by Gasteiger charge is 2.31. The molecule has 4 heterocycles. The highest BCUT2D eigenvalue weighted by molar-refractivity contribution is 7.99. The predicted molar refractivity (Wildman–Crippen MR) is 140 cm³/mol. The number of likely N-dealkylation sites (tertiary alicyclic amines) is 1. The summed E-state index contributed by atoms with van der Waals surface area (Å²) in [5.74, 6) is 0.426. The van der Waals surface area contributed by atoms with Gasteiger partial charge in [0.2, 0.25) is 5.91 Å². The number of amides is 3. The number of ether oxygens (including phenoxy) is 1. The molecule has 2 fully saturated rings. The molecule has 0 N–H and O–H groups in total. The minimum atomic E-state index is -0.335. The van der Waals surface area contributed by atoms with Gasteiger partial charge >= 0.3 is 6.09 Å². The number of nitrogens with zero attached hydrogens (tertiary/aromatic N) is 6. The van der Waals surface area contributed by atoms with E-state index in [4.69, 9.17) is 9.72 Å². The van der Waals surface area contributed by atoms with Gasteiger partial charge in [0.15, 0.2) is 5.16 Å². The van der Waals surface area contributed by atoms with Gasteiger partial charge in [-0.1, -0.05) is 11.8 Å². The van der Waals surface area contributed by atoms with Gasteiger partial charge in [-0.2, -0.15) is 0 Å². The van der Waals surface area contributed by atoms with E-state index in [2.05, 4.69) is 9.97 Å². The Bertz CT molecular complexity index is 1130. The van der Waals surface area contributed by atoms with Gasteiger partial charge in [-0.15, -0.1) is 0 Å². The Balaban J connectivity index is 1.35. The van der Waals surface area contributed by atoms with Crippen molar-refractivity contribution in [3.8, 4) is 0 Å². The average Bonchev–Trinajstić information content (AvgIpc) is 2.91. The van der Waals surface area contributed by atoms with Gasteiger partial charge in [-0.25, -0.2) is 14.8 Å². The van der Waals surface area contributed by atoms with Crippen LogP contribution in [0.3, 0.4) is 0 Å². The third kappa shape index (κ3) is 6.76. The molecule has 198 valence electrons. The first kappa shape index (κ1) is 26.8. The SMILES string of the molecule is CCOC(=O)N1CCN(C(=O)c2ccc(C)nc2C2CCN(C(=O)CSc3nccc(C)n3)CC2)CC1. The molecule has 37 heavy (non-hydrogen) atoms. The van der Waals surface area contributed by atoms with Crippen LogP contribution in [-0.4, -0.2) is 99.2 Å². The van der Waals surface area contributed by atoms with Crippen molar-refractivity contribution in [1.82, 2.24) is 29.7 Å². The van der Waals surface area contributed by atoms with Crippen molar-refractivity contribution in [2.24, 2.45) is 0 Å². The topological polar surface area (TPSA) is 109 Å². The molecule has 0 bridgehead atoms. The number of piperidine rings is 1. The molecule has 0 unspecified atom stereocenters. The fourth-order valence-electron chi connectivity index (χ4n) is 4.66. The smallest absolute Gasteiger partial charge is 0.409 e. The molecular weight excluding hydrogens is 492 g/mol. The lowest BCUT2D eigenvalue weighted by Crippen LogP contribution is -2.51. The zero-order valence-electron chi connectivity index (χ0n) is 21.7. The lowest BCUT2D eigenvalue weighted by Gasteiger charge is -2.35. The second-order valence-corrected chi connectivity index (χ2v) is 10.2. The highest BCUT2D eigenvalue weighted by Crippen LogP contribution is 2.31. The number of carbonyl (C=O) groups is 3. The molecule has 4 rings (SSSR count). The summed E-state index contributed by atoms with van der Waals surface area (Å²) < 4.78 is 5.08. The first-order valence-corrected chi connectivity index (χ1v) is 13.7. The summed E-state index contributed by atoms with van der Waals surface area (Å²) in [7, 11) is 0. The third-order valence-corrected chi connectivity index (χ3v) is 7.57. The number of aryl methyl sites for hydroxylation is 2.